The number of ether oxygens (including phenoxy) is 1. The molecule has 132 valence electrons. The van der Waals surface area contributed by atoms with E-state index < -0.39 is 0 Å². The number of likely N-dealkylation sites (tertiary alicyclic amines) is 1. The van der Waals surface area contributed by atoms with Gasteiger partial charge in [-0.25, -0.2) is 0 Å². The molecule has 0 radical (unpaired) electrons. The van der Waals surface area contributed by atoms with Crippen molar-refractivity contribution >= 4 is 5.91 Å². The van der Waals surface area contributed by atoms with Crippen LogP contribution in [0.25, 0.3) is 0 Å². The van der Waals surface area contributed by atoms with Crippen LogP contribution in [0.4, 0.5) is 0 Å². The molecule has 3 aliphatic heterocycles. The molecule has 5 nitrogen and oxygen atoms in total. The molecule has 3 saturated heterocycles. The second kappa shape index (κ2) is 7.95. The Morgan fingerprint density at radius 2 is 1.78 bits per heavy atom. The lowest BCUT2D eigenvalue weighted by Crippen LogP contribution is -2.53. The maximum atomic E-state index is 12.0. The van der Waals surface area contributed by atoms with Crippen LogP contribution < -0.4 is 0 Å². The van der Waals surface area contributed by atoms with Gasteiger partial charge in [0.15, 0.2) is 0 Å². The predicted molar refractivity (Wildman–Crippen MR) is 91.4 cm³/mol. The Labute approximate surface area is 140 Å². The zero-order valence-electron chi connectivity index (χ0n) is 14.9. The number of nitrogens with zero attached hydrogens (tertiary/aromatic N) is 3. The minimum absolute atomic E-state index is 0.343. The van der Waals surface area contributed by atoms with Gasteiger partial charge in [0.2, 0.25) is 5.91 Å². The fourth-order valence-corrected chi connectivity index (χ4v) is 4.32. The van der Waals surface area contributed by atoms with E-state index in [0.29, 0.717) is 17.9 Å². The minimum atomic E-state index is 0.343. The quantitative estimate of drug-likeness (QED) is 0.784. The van der Waals surface area contributed by atoms with Crippen molar-refractivity contribution in [2.75, 3.05) is 52.5 Å². The molecular weight excluding hydrogens is 290 g/mol. The molecule has 3 rings (SSSR count). The number of piperidine rings is 1. The van der Waals surface area contributed by atoms with Crippen LogP contribution in [-0.2, 0) is 9.53 Å². The summed E-state index contributed by atoms with van der Waals surface area (Å²) in [6.45, 7) is 13.0. The molecule has 0 aromatic heterocycles. The van der Waals surface area contributed by atoms with Crippen molar-refractivity contribution in [2.24, 2.45) is 5.92 Å². The van der Waals surface area contributed by atoms with E-state index in [1.54, 1.807) is 0 Å². The molecule has 3 aliphatic rings. The number of rotatable bonds is 4. The Morgan fingerprint density at radius 1 is 1.09 bits per heavy atom. The molecule has 0 saturated carbocycles. The molecule has 23 heavy (non-hydrogen) atoms. The van der Waals surface area contributed by atoms with E-state index in [2.05, 4.69) is 28.5 Å². The molecule has 0 aromatic rings. The summed E-state index contributed by atoms with van der Waals surface area (Å²) in [6, 6.07) is 1.09. The van der Waals surface area contributed by atoms with Crippen LogP contribution in [0.15, 0.2) is 0 Å². The molecule has 1 unspecified atom stereocenters. The van der Waals surface area contributed by atoms with Gasteiger partial charge in [-0.15, -0.1) is 0 Å². The van der Waals surface area contributed by atoms with Crippen molar-refractivity contribution in [3.8, 4) is 0 Å². The van der Waals surface area contributed by atoms with Gasteiger partial charge < -0.3 is 14.5 Å². The summed E-state index contributed by atoms with van der Waals surface area (Å²) in [5, 5.41) is 0. The molecular formula is C18H33N3O2. The van der Waals surface area contributed by atoms with Gasteiger partial charge in [0.1, 0.15) is 0 Å². The number of carbonyl (C=O) groups is 1. The highest BCUT2D eigenvalue weighted by atomic mass is 16.5. The third-order valence-electron chi connectivity index (χ3n) is 5.80. The van der Waals surface area contributed by atoms with Crippen LogP contribution >= 0.6 is 0 Å². The molecule has 0 N–H and O–H groups in total. The number of amides is 1. The molecule has 1 atom stereocenters. The van der Waals surface area contributed by atoms with Gasteiger partial charge in [-0.1, -0.05) is 0 Å². The van der Waals surface area contributed by atoms with E-state index in [1.165, 1.54) is 39.0 Å². The normalized spacial score (nSPS) is 29.4. The summed E-state index contributed by atoms with van der Waals surface area (Å²) in [6.07, 6.45) is 4.22. The first-order valence-corrected chi connectivity index (χ1v) is 9.47. The van der Waals surface area contributed by atoms with Gasteiger partial charge in [-0.2, -0.15) is 0 Å². The Balaban J connectivity index is 1.42. The van der Waals surface area contributed by atoms with Gasteiger partial charge in [0.25, 0.3) is 0 Å². The van der Waals surface area contributed by atoms with Crippen LogP contribution in [0.2, 0.25) is 0 Å². The third-order valence-corrected chi connectivity index (χ3v) is 5.80. The average molecular weight is 323 g/mol. The zero-order chi connectivity index (χ0) is 16.2. The predicted octanol–water partition coefficient (Wildman–Crippen LogP) is 1.43. The molecule has 3 fully saturated rings. The Morgan fingerprint density at radius 3 is 2.43 bits per heavy atom. The minimum Gasteiger partial charge on any atom is -0.381 e. The number of hydrogen-bond acceptors (Lipinski definition) is 4. The first-order valence-electron chi connectivity index (χ1n) is 9.47. The summed E-state index contributed by atoms with van der Waals surface area (Å²) in [5.41, 5.74) is 0. The van der Waals surface area contributed by atoms with Crippen LogP contribution in [0.3, 0.4) is 0 Å². The van der Waals surface area contributed by atoms with Gasteiger partial charge >= 0.3 is 0 Å². The third kappa shape index (κ3) is 4.46. The van der Waals surface area contributed by atoms with E-state index in [1.807, 2.05) is 0 Å². The van der Waals surface area contributed by atoms with Gasteiger partial charge in [0, 0.05) is 71.0 Å². The lowest BCUT2D eigenvalue weighted by Gasteiger charge is -2.43. The van der Waals surface area contributed by atoms with Crippen LogP contribution in [-0.4, -0.2) is 85.2 Å². The molecule has 0 aromatic carbocycles. The van der Waals surface area contributed by atoms with E-state index in [-0.39, 0.29) is 0 Å². The molecule has 3 heterocycles. The van der Waals surface area contributed by atoms with Crippen molar-refractivity contribution < 1.29 is 9.53 Å². The van der Waals surface area contributed by atoms with E-state index in [0.717, 1.165) is 45.2 Å². The second-order valence-electron chi connectivity index (χ2n) is 7.72. The molecule has 0 spiro atoms. The van der Waals surface area contributed by atoms with Crippen LogP contribution in [0, 0.1) is 5.92 Å². The lowest BCUT2D eigenvalue weighted by molar-refractivity contribution is -0.137. The summed E-state index contributed by atoms with van der Waals surface area (Å²) in [4.78, 5) is 19.4. The molecule has 0 aliphatic carbocycles. The van der Waals surface area contributed by atoms with Crippen molar-refractivity contribution in [3.63, 3.8) is 0 Å². The average Bonchev–Trinajstić information content (AvgIpc) is 2.58. The highest BCUT2D eigenvalue weighted by Crippen LogP contribution is 2.22. The van der Waals surface area contributed by atoms with E-state index in [4.69, 9.17) is 4.74 Å². The fraction of sp³-hybridized carbons (Fsp3) is 0.944. The summed E-state index contributed by atoms with van der Waals surface area (Å²) in [7, 11) is 0. The SMILES string of the molecule is CC(C)N1CC(CN2CCN(C3CCOCC3)CC2)CCC1=O. The second-order valence-corrected chi connectivity index (χ2v) is 7.72. The topological polar surface area (TPSA) is 36.0 Å². The monoisotopic (exact) mass is 323 g/mol. The van der Waals surface area contributed by atoms with Crippen molar-refractivity contribution in [2.45, 2.75) is 51.6 Å². The Hall–Kier alpha value is -0.650. The van der Waals surface area contributed by atoms with Gasteiger partial charge in [-0.05, 0) is 39.0 Å². The molecule has 1 amide bonds. The summed E-state index contributed by atoms with van der Waals surface area (Å²) < 4.78 is 5.48. The number of hydrogen-bond donors (Lipinski definition) is 0. The Kier molecular flexibility index (Phi) is 5.94. The maximum Gasteiger partial charge on any atom is 0.222 e. The van der Waals surface area contributed by atoms with Crippen molar-refractivity contribution in [1.29, 1.82) is 0 Å². The first-order chi connectivity index (χ1) is 11.1. The summed E-state index contributed by atoms with van der Waals surface area (Å²) in [5.74, 6) is 1.00. The standard InChI is InChI=1S/C18H33N3O2/c1-15(2)21-14-16(3-4-18(21)22)13-19-7-9-20(10-8-19)17-5-11-23-12-6-17/h15-17H,3-14H2,1-2H3. The highest BCUT2D eigenvalue weighted by Gasteiger charge is 2.30. The number of carbonyl (C=O) groups excluding carboxylic acids is 1. The molecule has 0 bridgehead atoms. The fourth-order valence-electron chi connectivity index (χ4n) is 4.32. The maximum absolute atomic E-state index is 12.0. The zero-order valence-corrected chi connectivity index (χ0v) is 14.9. The van der Waals surface area contributed by atoms with E-state index in [9.17, 15) is 4.79 Å². The van der Waals surface area contributed by atoms with Crippen molar-refractivity contribution in [3.05, 3.63) is 0 Å². The van der Waals surface area contributed by atoms with Crippen LogP contribution in [0.1, 0.15) is 39.5 Å². The molecule has 5 heteroatoms. The summed E-state index contributed by atoms with van der Waals surface area (Å²) >= 11 is 0. The highest BCUT2D eigenvalue weighted by molar-refractivity contribution is 5.77. The van der Waals surface area contributed by atoms with Gasteiger partial charge in [0.05, 0.1) is 0 Å². The van der Waals surface area contributed by atoms with Crippen LogP contribution in [0.5, 0.6) is 0 Å². The number of piperazine rings is 1. The lowest BCUT2D eigenvalue weighted by atomic mass is 9.95. The van der Waals surface area contributed by atoms with E-state index >= 15 is 0 Å². The van der Waals surface area contributed by atoms with Crippen molar-refractivity contribution in [1.82, 2.24) is 14.7 Å². The smallest absolute Gasteiger partial charge is 0.222 e. The van der Waals surface area contributed by atoms with Gasteiger partial charge in [-0.3, -0.25) is 9.69 Å². The largest absolute Gasteiger partial charge is 0.381 e. The Bertz CT molecular complexity index is 388. The first kappa shape index (κ1) is 17.2.